The molecule has 8 heteroatoms. The van der Waals surface area contributed by atoms with Crippen LogP contribution in [0.25, 0.3) is 0 Å². The number of phenolic OH excluding ortho intramolecular Hbond substituents is 1. The average Bonchev–Trinajstić information content (AvgIpc) is 3.43. The summed E-state index contributed by atoms with van der Waals surface area (Å²) in [6.45, 7) is 0.653. The second kappa shape index (κ2) is 16.8. The third-order valence-electron chi connectivity index (χ3n) is 7.16. The first-order chi connectivity index (χ1) is 18.9. The zero-order valence-corrected chi connectivity index (χ0v) is 22.8. The summed E-state index contributed by atoms with van der Waals surface area (Å²) >= 11 is 0. The fraction of sp³-hybridized carbons (Fsp3) is 0.516. The first-order valence-corrected chi connectivity index (χ1v) is 14.2. The number of nitrogen functional groups attached to an aromatic ring is 1. The first kappa shape index (κ1) is 30.5. The number of hydrogen-bond donors (Lipinski definition) is 6. The van der Waals surface area contributed by atoms with E-state index in [0.717, 1.165) is 61.8 Å². The van der Waals surface area contributed by atoms with E-state index < -0.39 is 12.2 Å². The maximum atomic E-state index is 10.4. The Hall–Kier alpha value is -3.07. The summed E-state index contributed by atoms with van der Waals surface area (Å²) in [5, 5.41) is 39.9. The van der Waals surface area contributed by atoms with Crippen LogP contribution in [0.4, 0.5) is 5.82 Å². The van der Waals surface area contributed by atoms with Gasteiger partial charge in [-0.3, -0.25) is 0 Å². The number of nitrogens with one attached hydrogen (secondary N) is 1. The summed E-state index contributed by atoms with van der Waals surface area (Å²) in [6.07, 6.45) is 11.1. The number of aromatic amines is 1. The van der Waals surface area contributed by atoms with E-state index in [1.807, 2.05) is 36.5 Å². The van der Waals surface area contributed by atoms with Gasteiger partial charge in [-0.25, -0.2) is 4.98 Å². The number of nitrogens with two attached hydrogens (primary N) is 1. The quantitative estimate of drug-likeness (QED) is 0.119. The largest absolute Gasteiger partial charge is 0.504 e. The smallest absolute Gasteiger partial charge is 0.161 e. The molecule has 8 nitrogen and oxygen atoms in total. The lowest BCUT2D eigenvalue weighted by atomic mass is 9.92. The predicted molar refractivity (Wildman–Crippen MR) is 154 cm³/mol. The Morgan fingerprint density at radius 1 is 0.923 bits per heavy atom. The van der Waals surface area contributed by atoms with Crippen molar-refractivity contribution in [1.29, 1.82) is 0 Å². The van der Waals surface area contributed by atoms with Crippen LogP contribution in [-0.2, 0) is 12.8 Å². The standard InChI is InChI=1S/C31H45N3O5/c32-31-21-24(13-16-34-31)25(20-26-7-6-15-33-26)14-18-39-30-19-23(10-12-29(30)38)9-11-28(37)22-27(36)8-4-2-1-3-5-17-35/h6-7,10,12-13,15-16,19,21,25,27-28,33,35-38H,1-5,8-9,11,14,17-18,20,22H2,(H2,32,34). The zero-order chi connectivity index (χ0) is 27.9. The van der Waals surface area contributed by atoms with Crippen molar-refractivity contribution in [3.63, 3.8) is 0 Å². The summed E-state index contributed by atoms with van der Waals surface area (Å²) in [4.78, 5) is 7.37. The van der Waals surface area contributed by atoms with Crippen molar-refractivity contribution in [3.05, 3.63) is 71.7 Å². The Kier molecular flexibility index (Phi) is 13.1. The van der Waals surface area contributed by atoms with E-state index in [9.17, 15) is 15.3 Å². The number of rotatable bonds is 19. The van der Waals surface area contributed by atoms with Crippen LogP contribution in [0.5, 0.6) is 11.5 Å². The van der Waals surface area contributed by atoms with Crippen LogP contribution in [0.15, 0.2) is 54.9 Å². The average molecular weight is 540 g/mol. The number of anilines is 1. The van der Waals surface area contributed by atoms with Gasteiger partial charge in [0.15, 0.2) is 11.5 Å². The fourth-order valence-electron chi connectivity index (χ4n) is 4.91. The molecule has 0 radical (unpaired) electrons. The van der Waals surface area contributed by atoms with Gasteiger partial charge in [0.25, 0.3) is 0 Å². The number of ether oxygens (including phenoxy) is 1. The van der Waals surface area contributed by atoms with Gasteiger partial charge in [0.1, 0.15) is 5.82 Å². The maximum Gasteiger partial charge on any atom is 0.161 e. The van der Waals surface area contributed by atoms with Crippen LogP contribution in [0.3, 0.4) is 0 Å². The van der Waals surface area contributed by atoms with E-state index in [1.54, 1.807) is 12.3 Å². The van der Waals surface area contributed by atoms with Gasteiger partial charge < -0.3 is 35.9 Å². The molecule has 2 heterocycles. The number of H-pyrrole nitrogens is 1. The van der Waals surface area contributed by atoms with E-state index in [2.05, 4.69) is 16.0 Å². The van der Waals surface area contributed by atoms with E-state index >= 15 is 0 Å². The maximum absolute atomic E-state index is 10.4. The molecular weight excluding hydrogens is 494 g/mol. The number of hydrogen-bond acceptors (Lipinski definition) is 7. The van der Waals surface area contributed by atoms with Gasteiger partial charge in [0.2, 0.25) is 0 Å². The van der Waals surface area contributed by atoms with Gasteiger partial charge in [-0.15, -0.1) is 0 Å². The number of aromatic nitrogens is 2. The van der Waals surface area contributed by atoms with Crippen molar-refractivity contribution >= 4 is 5.82 Å². The molecule has 0 spiro atoms. The van der Waals surface area contributed by atoms with Crippen LogP contribution >= 0.6 is 0 Å². The molecule has 0 aliphatic carbocycles. The lowest BCUT2D eigenvalue weighted by molar-refractivity contribution is 0.0697. The Morgan fingerprint density at radius 3 is 2.49 bits per heavy atom. The minimum atomic E-state index is -0.589. The van der Waals surface area contributed by atoms with Crippen LogP contribution in [0.2, 0.25) is 0 Å². The van der Waals surface area contributed by atoms with Gasteiger partial charge >= 0.3 is 0 Å². The number of aliphatic hydroxyl groups excluding tert-OH is 3. The SMILES string of the molecule is Nc1cc(C(CCOc2cc(CCC(O)CC(O)CCCCCCCO)ccc2O)Cc2ccc[nH]2)ccn1. The Balaban J connectivity index is 1.46. The van der Waals surface area contributed by atoms with Crippen LogP contribution in [0.1, 0.15) is 80.5 Å². The molecule has 0 amide bonds. The van der Waals surface area contributed by atoms with Crippen LogP contribution in [-0.4, -0.2) is 55.8 Å². The second-order valence-electron chi connectivity index (χ2n) is 10.4. The minimum absolute atomic E-state index is 0.0859. The zero-order valence-electron chi connectivity index (χ0n) is 22.8. The van der Waals surface area contributed by atoms with Crippen molar-refractivity contribution in [2.24, 2.45) is 0 Å². The predicted octanol–water partition coefficient (Wildman–Crippen LogP) is 4.87. The second-order valence-corrected chi connectivity index (χ2v) is 10.4. The molecule has 7 N–H and O–H groups in total. The molecule has 3 rings (SSSR count). The van der Waals surface area contributed by atoms with E-state index in [0.29, 0.717) is 43.9 Å². The fourth-order valence-corrected chi connectivity index (χ4v) is 4.91. The lowest BCUT2D eigenvalue weighted by Crippen LogP contribution is -2.18. The van der Waals surface area contributed by atoms with E-state index in [1.165, 1.54) is 0 Å². The Morgan fingerprint density at radius 2 is 1.72 bits per heavy atom. The summed E-state index contributed by atoms with van der Waals surface area (Å²) in [6, 6.07) is 13.2. The number of phenols is 1. The number of benzene rings is 1. The first-order valence-electron chi connectivity index (χ1n) is 14.2. The van der Waals surface area contributed by atoms with E-state index in [-0.39, 0.29) is 18.3 Å². The molecule has 214 valence electrons. The third kappa shape index (κ3) is 11.3. The number of aromatic hydroxyl groups is 1. The molecule has 3 aromatic rings. The molecule has 0 bridgehead atoms. The molecule has 0 aliphatic heterocycles. The number of aryl methyl sites for hydroxylation is 1. The van der Waals surface area contributed by atoms with Gasteiger partial charge in [-0.2, -0.15) is 0 Å². The Labute approximate surface area is 231 Å². The lowest BCUT2D eigenvalue weighted by Gasteiger charge is -2.18. The topological polar surface area (TPSA) is 145 Å². The number of unbranched alkanes of at least 4 members (excludes halogenated alkanes) is 4. The molecular formula is C31H45N3O5. The normalized spacial score (nSPS) is 13.7. The highest BCUT2D eigenvalue weighted by Crippen LogP contribution is 2.30. The number of aliphatic hydroxyl groups is 3. The molecule has 39 heavy (non-hydrogen) atoms. The van der Waals surface area contributed by atoms with Crippen molar-refractivity contribution < 1.29 is 25.2 Å². The molecule has 0 aliphatic rings. The molecule has 1 aromatic carbocycles. The summed E-state index contributed by atoms with van der Waals surface area (Å²) < 4.78 is 6.01. The van der Waals surface area contributed by atoms with Crippen LogP contribution in [0, 0.1) is 0 Å². The Bertz CT molecular complexity index is 1080. The summed E-state index contributed by atoms with van der Waals surface area (Å²) in [5.74, 6) is 1.17. The highest BCUT2D eigenvalue weighted by atomic mass is 16.5. The molecule has 0 saturated heterocycles. The molecule has 2 aromatic heterocycles. The van der Waals surface area contributed by atoms with Crippen LogP contribution < -0.4 is 10.5 Å². The van der Waals surface area contributed by atoms with Gasteiger partial charge in [0.05, 0.1) is 18.8 Å². The summed E-state index contributed by atoms with van der Waals surface area (Å²) in [7, 11) is 0. The van der Waals surface area contributed by atoms with Gasteiger partial charge in [0, 0.05) is 24.7 Å². The highest BCUT2D eigenvalue weighted by molar-refractivity contribution is 5.42. The van der Waals surface area contributed by atoms with Crippen molar-refractivity contribution in [2.75, 3.05) is 18.9 Å². The third-order valence-corrected chi connectivity index (χ3v) is 7.16. The summed E-state index contributed by atoms with van der Waals surface area (Å²) in [5.41, 5.74) is 9.11. The van der Waals surface area contributed by atoms with Gasteiger partial charge in [-0.05, 0) is 98.4 Å². The van der Waals surface area contributed by atoms with E-state index in [4.69, 9.17) is 15.6 Å². The molecule has 0 saturated carbocycles. The van der Waals surface area contributed by atoms with Crippen molar-refractivity contribution in [2.45, 2.75) is 88.8 Å². The van der Waals surface area contributed by atoms with Gasteiger partial charge in [-0.1, -0.05) is 31.7 Å². The molecule has 0 fully saturated rings. The number of nitrogens with zero attached hydrogens (tertiary/aromatic N) is 1. The number of pyridine rings is 1. The van der Waals surface area contributed by atoms with Crippen molar-refractivity contribution in [1.82, 2.24) is 9.97 Å². The monoisotopic (exact) mass is 539 g/mol. The molecule has 3 atom stereocenters. The molecule has 3 unspecified atom stereocenters. The van der Waals surface area contributed by atoms with Crippen molar-refractivity contribution in [3.8, 4) is 11.5 Å². The highest BCUT2D eigenvalue weighted by Gasteiger charge is 2.16. The minimum Gasteiger partial charge on any atom is -0.504 e.